The number of carboxylic acid groups (broad SMARTS) is 1. The lowest BCUT2D eigenvalue weighted by Crippen LogP contribution is -2.36. The zero-order valence-electron chi connectivity index (χ0n) is 12.0. The molecule has 0 radical (unpaired) electrons. The molecule has 1 aliphatic rings. The standard InChI is InChI=1S/C16H17N3O3/c20-15(21)11-5-7-12(9-11)17-16(22)19-14-8-6-10-3-1-2-4-13(10)18-14/h1-4,6,8,11-12H,5,7,9H2,(H,20,21)(H2,17,18,19,22). The zero-order valence-corrected chi connectivity index (χ0v) is 12.0. The highest BCUT2D eigenvalue weighted by atomic mass is 16.4. The molecule has 3 N–H and O–H groups in total. The normalized spacial score (nSPS) is 20.7. The van der Waals surface area contributed by atoms with Gasteiger partial charge in [-0.1, -0.05) is 18.2 Å². The molecule has 1 aliphatic carbocycles. The minimum absolute atomic E-state index is 0.0958. The first kappa shape index (κ1) is 14.3. The molecule has 0 aliphatic heterocycles. The van der Waals surface area contributed by atoms with E-state index >= 15 is 0 Å². The van der Waals surface area contributed by atoms with E-state index in [0.29, 0.717) is 25.1 Å². The molecule has 1 aromatic carbocycles. The molecule has 1 fully saturated rings. The summed E-state index contributed by atoms with van der Waals surface area (Å²) in [6.45, 7) is 0. The molecule has 3 rings (SSSR count). The van der Waals surface area contributed by atoms with Gasteiger partial charge in [0.25, 0.3) is 0 Å². The zero-order chi connectivity index (χ0) is 15.5. The Balaban J connectivity index is 1.60. The van der Waals surface area contributed by atoms with Crippen molar-refractivity contribution in [3.8, 4) is 0 Å². The highest BCUT2D eigenvalue weighted by molar-refractivity contribution is 5.90. The molecule has 2 unspecified atom stereocenters. The highest BCUT2D eigenvalue weighted by Crippen LogP contribution is 2.25. The maximum atomic E-state index is 12.0. The van der Waals surface area contributed by atoms with Gasteiger partial charge in [-0.2, -0.15) is 0 Å². The van der Waals surface area contributed by atoms with Crippen molar-refractivity contribution < 1.29 is 14.7 Å². The Kier molecular flexibility index (Phi) is 3.91. The van der Waals surface area contributed by atoms with Gasteiger partial charge in [0.1, 0.15) is 5.82 Å². The monoisotopic (exact) mass is 299 g/mol. The van der Waals surface area contributed by atoms with E-state index in [0.717, 1.165) is 10.9 Å². The molecule has 2 amide bonds. The van der Waals surface area contributed by atoms with Crippen molar-refractivity contribution in [1.82, 2.24) is 10.3 Å². The number of carbonyl (C=O) groups excluding carboxylic acids is 1. The van der Waals surface area contributed by atoms with Crippen LogP contribution in [0, 0.1) is 5.92 Å². The van der Waals surface area contributed by atoms with Crippen LogP contribution in [0.15, 0.2) is 36.4 Å². The molecule has 6 nitrogen and oxygen atoms in total. The van der Waals surface area contributed by atoms with Gasteiger partial charge in [-0.25, -0.2) is 9.78 Å². The minimum Gasteiger partial charge on any atom is -0.481 e. The number of aromatic nitrogens is 1. The second kappa shape index (κ2) is 6.01. The number of carbonyl (C=O) groups is 2. The van der Waals surface area contributed by atoms with E-state index < -0.39 is 5.97 Å². The smallest absolute Gasteiger partial charge is 0.320 e. The summed E-state index contributed by atoms with van der Waals surface area (Å²) in [5, 5.41) is 15.5. The van der Waals surface area contributed by atoms with Gasteiger partial charge in [-0.05, 0) is 37.5 Å². The van der Waals surface area contributed by atoms with Crippen molar-refractivity contribution in [2.24, 2.45) is 5.92 Å². The number of anilines is 1. The Morgan fingerprint density at radius 3 is 2.73 bits per heavy atom. The summed E-state index contributed by atoms with van der Waals surface area (Å²) in [6.07, 6.45) is 1.78. The van der Waals surface area contributed by atoms with Gasteiger partial charge in [0.05, 0.1) is 11.4 Å². The third kappa shape index (κ3) is 3.16. The van der Waals surface area contributed by atoms with Crippen LogP contribution in [0.2, 0.25) is 0 Å². The summed E-state index contributed by atoms with van der Waals surface area (Å²) in [6, 6.07) is 10.9. The number of carboxylic acids is 1. The van der Waals surface area contributed by atoms with Crippen LogP contribution >= 0.6 is 0 Å². The van der Waals surface area contributed by atoms with Crippen molar-refractivity contribution in [3.63, 3.8) is 0 Å². The molecule has 1 aromatic heterocycles. The number of urea groups is 1. The summed E-state index contributed by atoms with van der Waals surface area (Å²) >= 11 is 0. The number of benzene rings is 1. The van der Waals surface area contributed by atoms with Crippen LogP contribution in [-0.4, -0.2) is 28.1 Å². The van der Waals surface area contributed by atoms with Crippen molar-refractivity contribution >= 4 is 28.7 Å². The largest absolute Gasteiger partial charge is 0.481 e. The summed E-state index contributed by atoms with van der Waals surface area (Å²) in [5.74, 6) is -0.672. The Morgan fingerprint density at radius 2 is 1.95 bits per heavy atom. The summed E-state index contributed by atoms with van der Waals surface area (Å²) < 4.78 is 0. The molecule has 22 heavy (non-hydrogen) atoms. The van der Waals surface area contributed by atoms with Crippen LogP contribution in [0.4, 0.5) is 10.6 Å². The molecule has 2 aromatic rings. The predicted octanol–water partition coefficient (Wildman–Crippen LogP) is 2.61. The van der Waals surface area contributed by atoms with Gasteiger partial charge in [-0.3, -0.25) is 10.1 Å². The second-order valence-corrected chi connectivity index (χ2v) is 5.53. The molecular weight excluding hydrogens is 282 g/mol. The van der Waals surface area contributed by atoms with E-state index in [1.807, 2.05) is 30.3 Å². The van der Waals surface area contributed by atoms with Crippen LogP contribution < -0.4 is 10.6 Å². The van der Waals surface area contributed by atoms with E-state index in [4.69, 9.17) is 5.11 Å². The molecule has 0 saturated heterocycles. The molecule has 114 valence electrons. The van der Waals surface area contributed by atoms with Crippen LogP contribution in [0.3, 0.4) is 0 Å². The van der Waals surface area contributed by atoms with Gasteiger partial charge in [-0.15, -0.1) is 0 Å². The molecule has 1 heterocycles. The maximum absolute atomic E-state index is 12.0. The Hall–Kier alpha value is -2.63. The number of pyridine rings is 1. The number of para-hydroxylation sites is 1. The predicted molar refractivity (Wildman–Crippen MR) is 82.7 cm³/mol. The molecule has 0 bridgehead atoms. The van der Waals surface area contributed by atoms with Crippen molar-refractivity contribution in [2.45, 2.75) is 25.3 Å². The number of nitrogens with one attached hydrogen (secondary N) is 2. The number of amides is 2. The van der Waals surface area contributed by atoms with Gasteiger partial charge in [0.2, 0.25) is 0 Å². The SMILES string of the molecule is O=C(Nc1ccc2ccccc2n1)NC1CCC(C(=O)O)C1. The molecule has 1 saturated carbocycles. The van der Waals surface area contributed by atoms with Crippen LogP contribution in [-0.2, 0) is 4.79 Å². The average molecular weight is 299 g/mol. The average Bonchev–Trinajstić information content (AvgIpc) is 2.95. The summed E-state index contributed by atoms with van der Waals surface area (Å²) in [7, 11) is 0. The number of rotatable bonds is 3. The lowest BCUT2D eigenvalue weighted by molar-refractivity contribution is -0.141. The molecule has 0 spiro atoms. The first-order valence-corrected chi connectivity index (χ1v) is 7.28. The van der Waals surface area contributed by atoms with Crippen molar-refractivity contribution in [1.29, 1.82) is 0 Å². The topological polar surface area (TPSA) is 91.3 Å². The second-order valence-electron chi connectivity index (χ2n) is 5.53. The number of nitrogens with zero attached hydrogens (tertiary/aromatic N) is 1. The lowest BCUT2D eigenvalue weighted by atomic mass is 10.1. The molecule has 2 atom stereocenters. The minimum atomic E-state index is -0.791. The van der Waals surface area contributed by atoms with Crippen molar-refractivity contribution in [2.75, 3.05) is 5.32 Å². The van der Waals surface area contributed by atoms with E-state index in [2.05, 4.69) is 15.6 Å². The van der Waals surface area contributed by atoms with Gasteiger partial charge in [0.15, 0.2) is 0 Å². The first-order valence-electron chi connectivity index (χ1n) is 7.28. The first-order chi connectivity index (χ1) is 10.6. The highest BCUT2D eigenvalue weighted by Gasteiger charge is 2.30. The fourth-order valence-corrected chi connectivity index (χ4v) is 2.81. The lowest BCUT2D eigenvalue weighted by Gasteiger charge is -2.13. The van der Waals surface area contributed by atoms with E-state index in [1.54, 1.807) is 6.07 Å². The quantitative estimate of drug-likeness (QED) is 0.812. The number of aliphatic carboxylic acids is 1. The number of hydrogen-bond acceptors (Lipinski definition) is 3. The van der Waals surface area contributed by atoms with E-state index in [-0.39, 0.29) is 18.0 Å². The number of fused-ring (bicyclic) bond motifs is 1. The van der Waals surface area contributed by atoms with Crippen LogP contribution in [0.1, 0.15) is 19.3 Å². The summed E-state index contributed by atoms with van der Waals surface area (Å²) in [4.78, 5) is 27.2. The Morgan fingerprint density at radius 1 is 1.14 bits per heavy atom. The molecular formula is C16H17N3O3. The van der Waals surface area contributed by atoms with Gasteiger partial charge < -0.3 is 10.4 Å². The Labute approximate surface area is 127 Å². The number of hydrogen-bond donors (Lipinski definition) is 3. The maximum Gasteiger partial charge on any atom is 0.320 e. The van der Waals surface area contributed by atoms with Crippen LogP contribution in [0.25, 0.3) is 10.9 Å². The fraction of sp³-hybridized carbons (Fsp3) is 0.312. The molecule has 6 heteroatoms. The summed E-state index contributed by atoms with van der Waals surface area (Å²) in [5.41, 5.74) is 0.812. The van der Waals surface area contributed by atoms with Gasteiger partial charge in [0, 0.05) is 11.4 Å². The van der Waals surface area contributed by atoms with Gasteiger partial charge >= 0.3 is 12.0 Å². The van der Waals surface area contributed by atoms with E-state index in [9.17, 15) is 9.59 Å². The Bertz CT molecular complexity index is 717. The van der Waals surface area contributed by atoms with E-state index in [1.165, 1.54) is 0 Å². The third-order valence-corrected chi connectivity index (χ3v) is 3.96. The third-order valence-electron chi connectivity index (χ3n) is 3.96. The fourth-order valence-electron chi connectivity index (χ4n) is 2.81. The van der Waals surface area contributed by atoms with Crippen molar-refractivity contribution in [3.05, 3.63) is 36.4 Å². The van der Waals surface area contributed by atoms with Crippen LogP contribution in [0.5, 0.6) is 0 Å².